The standard InChI is InChI=1S/C21H19N9O3/c31-18-15(26-20(32)28-18)9-12-10-24-30-17(12)27-21(29-19(30)25-13-3-4-13)33-14-5-1-11(2-6-14)16-22-7-8-23-16/h1-2,5-6,9-10,13,31H,3-4,7-8H2,(H,22,23)(H2,26,28,32)/b12-9-,25-19?. The van der Waals surface area contributed by atoms with Crippen molar-refractivity contribution in [3.8, 4) is 17.6 Å². The topological polar surface area (TPSA) is 158 Å². The third-order valence-electron chi connectivity index (χ3n) is 5.25. The van der Waals surface area contributed by atoms with Crippen LogP contribution in [0, 0.1) is 0 Å². The number of hydrogen-bond acceptors (Lipinski definition) is 9. The molecule has 3 aromatic heterocycles. The van der Waals surface area contributed by atoms with Crippen LogP contribution in [0.4, 0.5) is 0 Å². The van der Waals surface area contributed by atoms with E-state index in [-0.39, 0.29) is 23.6 Å². The van der Waals surface area contributed by atoms with E-state index in [0.717, 1.165) is 37.3 Å². The summed E-state index contributed by atoms with van der Waals surface area (Å²) in [5, 5.41) is 18.0. The van der Waals surface area contributed by atoms with Crippen molar-refractivity contribution in [1.82, 2.24) is 34.9 Å². The molecule has 0 saturated heterocycles. The number of nitrogens with one attached hydrogen (secondary N) is 3. The minimum absolute atomic E-state index is 0.118. The summed E-state index contributed by atoms with van der Waals surface area (Å²) < 4.78 is 7.46. The van der Waals surface area contributed by atoms with Crippen LogP contribution in [0.15, 0.2) is 45.2 Å². The second-order valence-electron chi connectivity index (χ2n) is 7.77. The van der Waals surface area contributed by atoms with Gasteiger partial charge >= 0.3 is 11.7 Å². The average molecular weight is 445 g/mol. The van der Waals surface area contributed by atoms with Crippen molar-refractivity contribution >= 4 is 17.6 Å². The third kappa shape index (κ3) is 3.82. The first-order valence-electron chi connectivity index (χ1n) is 10.5. The number of aliphatic imine (C=N–C) groups is 1. The maximum Gasteiger partial charge on any atom is 0.327 e. The number of aromatic amines is 2. The highest BCUT2D eigenvalue weighted by Crippen LogP contribution is 2.23. The first kappa shape index (κ1) is 19.2. The number of aromatic hydroxyl groups is 1. The van der Waals surface area contributed by atoms with Gasteiger partial charge in [-0.05, 0) is 43.2 Å². The van der Waals surface area contributed by atoms with Crippen LogP contribution in [-0.4, -0.2) is 59.6 Å². The molecule has 4 aromatic rings. The summed E-state index contributed by atoms with van der Waals surface area (Å²) in [5.41, 5.74) is 1.50. The zero-order chi connectivity index (χ0) is 22.4. The van der Waals surface area contributed by atoms with Crippen LogP contribution in [0.1, 0.15) is 24.1 Å². The van der Waals surface area contributed by atoms with Crippen molar-refractivity contribution in [3.05, 3.63) is 63.0 Å². The number of aromatic nitrogens is 6. The highest BCUT2D eigenvalue weighted by Gasteiger charge is 2.21. The van der Waals surface area contributed by atoms with E-state index in [0.29, 0.717) is 22.2 Å². The summed E-state index contributed by atoms with van der Waals surface area (Å²) in [6.45, 7) is 1.61. The van der Waals surface area contributed by atoms with Crippen molar-refractivity contribution in [2.75, 3.05) is 13.1 Å². The van der Waals surface area contributed by atoms with Gasteiger partial charge in [0.2, 0.25) is 5.88 Å². The molecule has 1 aliphatic heterocycles. The molecule has 2 aliphatic rings. The first-order valence-corrected chi connectivity index (χ1v) is 10.5. The molecule has 0 unspecified atom stereocenters. The van der Waals surface area contributed by atoms with Crippen LogP contribution in [-0.2, 0) is 0 Å². The van der Waals surface area contributed by atoms with Gasteiger partial charge in [0, 0.05) is 17.3 Å². The molecule has 0 spiro atoms. The maximum absolute atomic E-state index is 11.5. The summed E-state index contributed by atoms with van der Waals surface area (Å²) in [6.07, 6.45) is 5.13. The summed E-state index contributed by atoms with van der Waals surface area (Å²) >= 11 is 0. The van der Waals surface area contributed by atoms with Crippen molar-refractivity contribution in [2.24, 2.45) is 9.98 Å². The van der Waals surface area contributed by atoms with Crippen LogP contribution in [0.2, 0.25) is 0 Å². The second-order valence-corrected chi connectivity index (χ2v) is 7.77. The number of ether oxygens (including phenoxy) is 1. The Kier molecular flexibility index (Phi) is 4.42. The molecule has 1 aliphatic carbocycles. The lowest BCUT2D eigenvalue weighted by atomic mass is 10.2. The number of H-pyrrole nitrogens is 2. The SMILES string of the molecule is O=c1[nH]c(O)c(/C=c2/cnn3c(=NC4CC4)nc(Oc4ccc(C5=NCCN5)cc4)nc23)[nH]1. The Morgan fingerprint density at radius 3 is 2.73 bits per heavy atom. The van der Waals surface area contributed by atoms with Gasteiger partial charge in [-0.2, -0.15) is 19.6 Å². The summed E-state index contributed by atoms with van der Waals surface area (Å²) in [6, 6.07) is 7.82. The zero-order valence-corrected chi connectivity index (χ0v) is 17.3. The van der Waals surface area contributed by atoms with Crippen molar-refractivity contribution in [1.29, 1.82) is 0 Å². The fraction of sp³-hybridized carbons (Fsp3) is 0.238. The maximum atomic E-state index is 11.5. The molecule has 12 nitrogen and oxygen atoms in total. The van der Waals surface area contributed by atoms with Gasteiger partial charge in [-0.15, -0.1) is 0 Å². The second kappa shape index (κ2) is 7.58. The zero-order valence-electron chi connectivity index (χ0n) is 17.3. The van der Waals surface area contributed by atoms with Gasteiger partial charge in [-0.1, -0.05) is 0 Å². The van der Waals surface area contributed by atoms with Gasteiger partial charge in [-0.3, -0.25) is 9.98 Å². The molecule has 0 bridgehead atoms. The van der Waals surface area contributed by atoms with Crippen LogP contribution >= 0.6 is 0 Å². The van der Waals surface area contributed by atoms with Gasteiger partial charge in [-0.25, -0.2) is 9.79 Å². The van der Waals surface area contributed by atoms with Crippen LogP contribution < -0.4 is 26.6 Å². The van der Waals surface area contributed by atoms with E-state index in [1.54, 1.807) is 12.3 Å². The molecule has 1 aromatic carbocycles. The Morgan fingerprint density at radius 1 is 1.18 bits per heavy atom. The fourth-order valence-electron chi connectivity index (χ4n) is 3.48. The van der Waals surface area contributed by atoms with E-state index >= 15 is 0 Å². The monoisotopic (exact) mass is 445 g/mol. The number of fused-ring (bicyclic) bond motifs is 1. The van der Waals surface area contributed by atoms with E-state index in [2.05, 4.69) is 40.3 Å². The van der Waals surface area contributed by atoms with E-state index in [9.17, 15) is 9.90 Å². The van der Waals surface area contributed by atoms with Crippen molar-refractivity contribution in [3.63, 3.8) is 0 Å². The Morgan fingerprint density at radius 2 is 2.03 bits per heavy atom. The number of rotatable bonds is 5. The molecular formula is C21H19N9O3. The van der Waals surface area contributed by atoms with E-state index in [4.69, 9.17) is 4.74 Å². The molecular weight excluding hydrogens is 426 g/mol. The van der Waals surface area contributed by atoms with Gasteiger partial charge in [0.25, 0.3) is 5.62 Å². The summed E-state index contributed by atoms with van der Waals surface area (Å²) in [7, 11) is 0. The van der Waals surface area contributed by atoms with E-state index < -0.39 is 5.69 Å². The summed E-state index contributed by atoms with van der Waals surface area (Å²) in [5.74, 6) is 1.17. The van der Waals surface area contributed by atoms with Crippen LogP contribution in [0.5, 0.6) is 17.6 Å². The Labute approximate surface area is 185 Å². The van der Waals surface area contributed by atoms with Gasteiger partial charge < -0.3 is 20.1 Å². The number of nitrogens with zero attached hydrogens (tertiary/aromatic N) is 6. The fourth-order valence-corrected chi connectivity index (χ4v) is 3.48. The Hall–Kier alpha value is -4.48. The lowest BCUT2D eigenvalue weighted by molar-refractivity contribution is 0.435. The highest BCUT2D eigenvalue weighted by molar-refractivity contribution is 5.99. The highest BCUT2D eigenvalue weighted by atomic mass is 16.5. The van der Waals surface area contributed by atoms with Crippen molar-refractivity contribution in [2.45, 2.75) is 18.9 Å². The lowest BCUT2D eigenvalue weighted by Gasteiger charge is -2.06. The molecule has 166 valence electrons. The predicted molar refractivity (Wildman–Crippen MR) is 117 cm³/mol. The number of imidazole rings is 1. The lowest BCUT2D eigenvalue weighted by Crippen LogP contribution is -2.23. The van der Waals surface area contributed by atoms with E-state index in [1.807, 2.05) is 24.3 Å². The Bertz CT molecular complexity index is 1560. The number of benzene rings is 1. The molecule has 12 heteroatoms. The largest absolute Gasteiger partial charge is 0.493 e. The minimum Gasteiger partial charge on any atom is -0.493 e. The normalized spacial score (nSPS) is 16.9. The third-order valence-corrected chi connectivity index (χ3v) is 5.25. The van der Waals surface area contributed by atoms with E-state index in [1.165, 1.54) is 4.52 Å². The predicted octanol–water partition coefficient (Wildman–Crippen LogP) is -0.401. The quantitative estimate of drug-likeness (QED) is 0.325. The smallest absolute Gasteiger partial charge is 0.327 e. The molecule has 4 N–H and O–H groups in total. The van der Waals surface area contributed by atoms with Crippen LogP contribution in [0.25, 0.3) is 11.7 Å². The molecule has 0 radical (unpaired) electrons. The number of hydrogen-bond donors (Lipinski definition) is 4. The molecule has 1 saturated carbocycles. The number of amidine groups is 1. The molecule has 4 heterocycles. The average Bonchev–Trinajstić information content (AvgIpc) is 3.17. The van der Waals surface area contributed by atoms with Gasteiger partial charge in [0.1, 0.15) is 17.3 Å². The summed E-state index contributed by atoms with van der Waals surface area (Å²) in [4.78, 5) is 34.3. The molecule has 0 atom stereocenters. The molecule has 0 amide bonds. The van der Waals surface area contributed by atoms with Crippen LogP contribution in [0.3, 0.4) is 0 Å². The first-order chi connectivity index (χ1) is 16.1. The Balaban J connectivity index is 1.41. The van der Waals surface area contributed by atoms with Gasteiger partial charge in [0.15, 0.2) is 5.65 Å². The van der Waals surface area contributed by atoms with Crippen molar-refractivity contribution < 1.29 is 9.84 Å². The minimum atomic E-state index is -0.513. The molecule has 33 heavy (non-hydrogen) atoms. The van der Waals surface area contributed by atoms with Gasteiger partial charge in [0.05, 0.1) is 18.8 Å². The molecule has 1 fully saturated rings. The molecule has 6 rings (SSSR count).